The van der Waals surface area contributed by atoms with Crippen LogP contribution in [0, 0.1) is 47.4 Å². The molecule has 0 bridgehead atoms. The lowest BCUT2D eigenvalue weighted by Gasteiger charge is -2.19. The molecule has 0 aliphatic carbocycles. The second kappa shape index (κ2) is 46.7. The number of aliphatic hydroxyl groups excluding tert-OH is 1. The predicted octanol–water partition coefficient (Wildman–Crippen LogP) is 12.9. The molecule has 0 amide bonds. The first-order valence-corrected chi connectivity index (χ1v) is 25.8. The smallest absolute Gasteiger partial charge is 0.462 e. The van der Waals surface area contributed by atoms with Gasteiger partial charge in [0.1, 0.15) is 6.61 Å². The van der Waals surface area contributed by atoms with E-state index in [1.54, 1.807) is 0 Å². The van der Waals surface area contributed by atoms with Crippen molar-refractivity contribution in [2.45, 2.75) is 238 Å². The summed E-state index contributed by atoms with van der Waals surface area (Å²) in [5.74, 6) is 23.6. The number of ether oxygens (including phenoxy) is 2. The highest BCUT2D eigenvalue weighted by molar-refractivity contribution is 7.47. The average molecular weight is 873 g/mol. The zero-order chi connectivity index (χ0) is 44.6. The third-order valence-electron chi connectivity index (χ3n) is 10.2. The molecule has 0 saturated carbocycles. The number of hydrogen-bond acceptors (Lipinski definition) is 8. The van der Waals surface area contributed by atoms with Crippen molar-refractivity contribution in [3.63, 3.8) is 0 Å². The molecule has 0 spiro atoms. The van der Waals surface area contributed by atoms with Crippen LogP contribution in [0.5, 0.6) is 0 Å². The van der Waals surface area contributed by atoms with E-state index in [1.807, 2.05) is 0 Å². The summed E-state index contributed by atoms with van der Waals surface area (Å²) in [6, 6.07) is 0. The highest BCUT2D eigenvalue weighted by atomic mass is 31.2. The molecule has 61 heavy (non-hydrogen) atoms. The van der Waals surface area contributed by atoms with Gasteiger partial charge in [-0.2, -0.15) is 0 Å². The molecule has 0 aromatic heterocycles. The summed E-state index contributed by atoms with van der Waals surface area (Å²) in [7, 11) is -4.48. The zero-order valence-electron chi connectivity index (χ0n) is 38.6. The molecule has 0 aromatic rings. The number of carbonyl (C=O) groups excluding carboxylic acids is 2. The molecule has 0 aromatic carbocycles. The molecule has 1 unspecified atom stereocenters. The Morgan fingerprint density at radius 2 is 0.820 bits per heavy atom. The summed E-state index contributed by atoms with van der Waals surface area (Å²) in [4.78, 5) is 34.9. The maximum Gasteiger partial charge on any atom is 0.472 e. The number of phosphoric ester groups is 1. The van der Waals surface area contributed by atoms with Gasteiger partial charge >= 0.3 is 19.8 Å². The minimum Gasteiger partial charge on any atom is -0.462 e. The lowest BCUT2D eigenvalue weighted by Crippen LogP contribution is -2.29. The quantitative estimate of drug-likeness (QED) is 0.0267. The number of phosphoric acid groups is 1. The summed E-state index contributed by atoms with van der Waals surface area (Å²) in [5, 5.41) is 8.90. The van der Waals surface area contributed by atoms with E-state index in [1.165, 1.54) is 89.9 Å². The largest absolute Gasteiger partial charge is 0.472 e. The molecule has 0 rings (SSSR count). The topological polar surface area (TPSA) is 129 Å². The van der Waals surface area contributed by atoms with Gasteiger partial charge in [0.25, 0.3) is 0 Å². The van der Waals surface area contributed by atoms with Gasteiger partial charge in [0.15, 0.2) is 6.10 Å². The van der Waals surface area contributed by atoms with Gasteiger partial charge in [-0.1, -0.05) is 179 Å². The van der Waals surface area contributed by atoms with Crippen molar-refractivity contribution in [1.29, 1.82) is 0 Å². The van der Waals surface area contributed by atoms with E-state index in [-0.39, 0.29) is 19.4 Å². The number of esters is 2. The minimum absolute atomic E-state index is 0.172. The van der Waals surface area contributed by atoms with Crippen molar-refractivity contribution in [1.82, 2.24) is 0 Å². The van der Waals surface area contributed by atoms with Crippen LogP contribution in [0.4, 0.5) is 0 Å². The number of carbonyl (C=O) groups is 2. The molecule has 2 atom stereocenters. The summed E-state index contributed by atoms with van der Waals surface area (Å²) in [5.41, 5.74) is 0. The first kappa shape index (κ1) is 58.2. The van der Waals surface area contributed by atoms with E-state index in [4.69, 9.17) is 19.1 Å². The van der Waals surface area contributed by atoms with Crippen molar-refractivity contribution < 1.29 is 42.7 Å². The molecule has 10 heteroatoms. The Morgan fingerprint density at radius 1 is 0.475 bits per heavy atom. The van der Waals surface area contributed by atoms with Crippen LogP contribution in [0.3, 0.4) is 0 Å². The van der Waals surface area contributed by atoms with E-state index in [0.29, 0.717) is 12.8 Å². The molecule has 2 N–H and O–H groups in total. The van der Waals surface area contributed by atoms with Gasteiger partial charge in [-0.15, -0.1) is 0 Å². The highest BCUT2D eigenvalue weighted by Crippen LogP contribution is 2.43. The van der Waals surface area contributed by atoms with Crippen molar-refractivity contribution in [2.24, 2.45) is 0 Å². The van der Waals surface area contributed by atoms with Crippen molar-refractivity contribution in [3.8, 4) is 47.4 Å². The van der Waals surface area contributed by atoms with Crippen LogP contribution in [0.2, 0.25) is 0 Å². The molecule has 9 nitrogen and oxygen atoms in total. The normalized spacial score (nSPS) is 12.0. The number of aliphatic hydroxyl groups is 1. The second-order valence-electron chi connectivity index (χ2n) is 16.0. The van der Waals surface area contributed by atoms with Gasteiger partial charge in [-0.3, -0.25) is 18.6 Å². The molecule has 0 aliphatic rings. The summed E-state index contributed by atoms with van der Waals surface area (Å²) in [6.45, 7) is 2.84. The maximum atomic E-state index is 12.6. The number of unbranched alkanes of at least 4 members (excludes halogenated alkanes) is 28. The van der Waals surface area contributed by atoms with Crippen LogP contribution in [0.15, 0.2) is 0 Å². The van der Waals surface area contributed by atoms with Crippen LogP contribution in [-0.4, -0.2) is 54.5 Å². The Kier molecular flexibility index (Phi) is 44.6. The van der Waals surface area contributed by atoms with Crippen molar-refractivity contribution in [2.75, 3.05) is 26.4 Å². The lowest BCUT2D eigenvalue weighted by atomic mass is 10.1. The Hall–Kier alpha value is -2.75. The first-order chi connectivity index (χ1) is 29.8. The Bertz CT molecular complexity index is 1350. The van der Waals surface area contributed by atoms with Gasteiger partial charge in [0.2, 0.25) is 0 Å². The van der Waals surface area contributed by atoms with Gasteiger partial charge < -0.3 is 19.5 Å². The zero-order valence-corrected chi connectivity index (χ0v) is 39.5. The molecule has 0 saturated heterocycles. The standard InChI is InChI=1S/C51H85O9P/c1-3-5-7-9-11-13-15-17-19-21-23-25-27-29-31-33-35-37-39-41-43-50(53)57-47-49(48-59-61(55,56)58-46-45-52)60-51(54)44-42-40-38-36-34-32-30-28-26-24-22-20-18-16-14-12-10-8-6-4-2/h49,52H,3-20,29-48H2,1-2H3,(H,55,56)/t49-/m1/s1. The SMILES string of the molecule is CCCCCCCCCCC#CC#CCCCCCCCCC(=O)OC[C@H](COP(=O)(O)OCCO)OC(=O)CCCCCCCCC#CC#CCCCCCCCCCC. The molecule has 0 radical (unpaired) electrons. The second-order valence-corrected chi connectivity index (χ2v) is 17.5. The Labute approximate surface area is 373 Å². The molecule has 0 aliphatic heterocycles. The van der Waals surface area contributed by atoms with E-state index < -0.39 is 45.7 Å². The Morgan fingerprint density at radius 3 is 1.20 bits per heavy atom. The predicted molar refractivity (Wildman–Crippen MR) is 249 cm³/mol. The third kappa shape index (κ3) is 46.6. The van der Waals surface area contributed by atoms with Gasteiger partial charge in [-0.25, -0.2) is 4.57 Å². The molecule has 0 heterocycles. The highest BCUT2D eigenvalue weighted by Gasteiger charge is 2.26. The van der Waals surface area contributed by atoms with E-state index in [0.717, 1.165) is 103 Å². The fourth-order valence-corrected chi connectivity index (χ4v) is 7.23. The van der Waals surface area contributed by atoms with Crippen LogP contribution >= 0.6 is 7.82 Å². The van der Waals surface area contributed by atoms with Gasteiger partial charge in [0, 0.05) is 38.5 Å². The van der Waals surface area contributed by atoms with E-state index in [2.05, 4.69) is 65.7 Å². The van der Waals surface area contributed by atoms with Gasteiger partial charge in [0.05, 0.1) is 19.8 Å². The average Bonchev–Trinajstić information content (AvgIpc) is 3.25. The number of rotatable bonds is 41. The fraction of sp³-hybridized carbons (Fsp3) is 0.804. The van der Waals surface area contributed by atoms with Crippen LogP contribution in [0.25, 0.3) is 0 Å². The first-order valence-electron chi connectivity index (χ1n) is 24.3. The third-order valence-corrected chi connectivity index (χ3v) is 11.1. The minimum atomic E-state index is -4.48. The summed E-state index contributed by atoms with van der Waals surface area (Å²) >= 11 is 0. The summed E-state index contributed by atoms with van der Waals surface area (Å²) in [6.07, 6.45) is 35.2. The lowest BCUT2D eigenvalue weighted by molar-refractivity contribution is -0.161. The molecular formula is C51H85O9P. The molecule has 348 valence electrons. The van der Waals surface area contributed by atoms with Crippen LogP contribution < -0.4 is 0 Å². The fourth-order valence-electron chi connectivity index (χ4n) is 6.49. The van der Waals surface area contributed by atoms with E-state index >= 15 is 0 Å². The van der Waals surface area contributed by atoms with Crippen molar-refractivity contribution in [3.05, 3.63) is 0 Å². The summed E-state index contributed by atoms with van der Waals surface area (Å²) < 4.78 is 32.5. The number of hydrogen-bond donors (Lipinski definition) is 2. The Balaban J connectivity index is 4.17. The van der Waals surface area contributed by atoms with E-state index in [9.17, 15) is 19.0 Å². The molecular weight excluding hydrogens is 788 g/mol. The monoisotopic (exact) mass is 873 g/mol. The van der Waals surface area contributed by atoms with Gasteiger partial charge in [-0.05, 0) is 62.2 Å². The van der Waals surface area contributed by atoms with Crippen LogP contribution in [-0.2, 0) is 32.7 Å². The molecule has 0 fully saturated rings. The van der Waals surface area contributed by atoms with Crippen molar-refractivity contribution >= 4 is 19.8 Å². The van der Waals surface area contributed by atoms with Crippen LogP contribution in [0.1, 0.15) is 232 Å². The maximum absolute atomic E-state index is 12.6.